The van der Waals surface area contributed by atoms with Gasteiger partial charge in [-0.2, -0.15) is 0 Å². The number of rotatable bonds is 25. The van der Waals surface area contributed by atoms with Crippen LogP contribution in [-0.2, 0) is 92.7 Å². The summed E-state index contributed by atoms with van der Waals surface area (Å²) in [6, 6.07) is 56.2. The maximum Gasteiger partial charge on any atom is 0.338 e. The molecule has 1 aliphatic carbocycles. The van der Waals surface area contributed by atoms with Crippen LogP contribution >= 0.6 is 0 Å². The van der Waals surface area contributed by atoms with E-state index in [4.69, 9.17) is 79.4 Å². The number of carbonyl (C=O) groups excluding carboxylic acids is 2. The molecule has 1 saturated carbocycles. The van der Waals surface area contributed by atoms with Crippen LogP contribution in [0.1, 0.15) is 77.1 Å². The van der Waals surface area contributed by atoms with Gasteiger partial charge in [-0.25, -0.2) is 9.59 Å². The maximum atomic E-state index is 14.3. The van der Waals surface area contributed by atoms with Crippen molar-refractivity contribution < 1.29 is 86.1 Å². The monoisotopic (exact) mass is 1220 g/mol. The molecule has 6 aromatic rings. The van der Waals surface area contributed by atoms with Crippen molar-refractivity contribution in [2.45, 2.75) is 170 Å². The average molecular weight is 1220 g/mol. The van der Waals surface area contributed by atoms with Gasteiger partial charge in [-0.15, -0.1) is 0 Å². The molecule has 18 nitrogen and oxygen atoms in total. The first-order chi connectivity index (χ1) is 44.4. The molecule has 5 fully saturated rings. The SMILES string of the molecule is [3H]OCC1O[C@@H](OC2([C@@H]3OC(C)[C@@H](OC(=O)c4ccccc4)C(OCc4ccccc4)[C@H]3OCc3ccccc3)O[C@@H]3C=COC(CO[3H])[C@H]32)[C@H](O[C@@H]2CC(OCc3ccccc3)[C@@H](OC(=O)c3ccccc3)[C@H](OCc3ccccc3)C2C)[C@H]2OC(C)(C)OC12. The molecule has 0 radical (unpaired) electrons. The summed E-state index contributed by atoms with van der Waals surface area (Å²) < 4.78 is 114. The molecule has 6 aromatic carbocycles. The molecule has 19 atom stereocenters. The lowest BCUT2D eigenvalue weighted by molar-refractivity contribution is -0.485. The second-order valence-electron chi connectivity index (χ2n) is 24.0. The highest BCUT2D eigenvalue weighted by Crippen LogP contribution is 2.54. The highest BCUT2D eigenvalue weighted by atomic mass is 16.8. The summed E-state index contributed by atoms with van der Waals surface area (Å²) in [5.74, 6) is -5.71. The minimum Gasteiger partial charge on any atom is -0.495 e. The van der Waals surface area contributed by atoms with Crippen molar-refractivity contribution in [1.82, 2.24) is 0 Å². The lowest BCUT2D eigenvalue weighted by Gasteiger charge is -2.63. The fourth-order valence-corrected chi connectivity index (χ4v) is 13.1. The molecule has 4 saturated heterocycles. The smallest absolute Gasteiger partial charge is 0.338 e. The molecule has 8 unspecified atom stereocenters. The van der Waals surface area contributed by atoms with Crippen LogP contribution in [0.3, 0.4) is 0 Å². The van der Waals surface area contributed by atoms with E-state index in [0.29, 0.717) is 11.1 Å². The molecule has 2 N–H and O–H groups in total. The van der Waals surface area contributed by atoms with Crippen LogP contribution in [-0.4, -0.2) is 148 Å². The highest BCUT2D eigenvalue weighted by Gasteiger charge is 2.72. The molecule has 18 heteroatoms. The third kappa shape index (κ3) is 14.0. The van der Waals surface area contributed by atoms with Gasteiger partial charge >= 0.3 is 11.9 Å². The molecule has 5 heterocycles. The second-order valence-corrected chi connectivity index (χ2v) is 24.0. The van der Waals surface area contributed by atoms with Gasteiger partial charge in [0.1, 0.15) is 54.9 Å². The molecule has 0 bridgehead atoms. The Bertz CT molecular complexity index is 3290. The summed E-state index contributed by atoms with van der Waals surface area (Å²) in [6.45, 7) is 7.26. The topological polar surface area (TPSA) is 204 Å². The predicted octanol–water partition coefficient (Wildman–Crippen LogP) is 9.23. The Kier molecular flexibility index (Phi) is 19.0. The van der Waals surface area contributed by atoms with Gasteiger partial charge in [0.15, 0.2) is 24.3 Å². The van der Waals surface area contributed by atoms with E-state index in [1.54, 1.807) is 75.4 Å². The van der Waals surface area contributed by atoms with E-state index in [-0.39, 0.29) is 46.1 Å². The number of ether oxygens (including phenoxy) is 14. The van der Waals surface area contributed by atoms with Gasteiger partial charge in [-0.3, -0.25) is 0 Å². The fourth-order valence-electron chi connectivity index (χ4n) is 13.1. The van der Waals surface area contributed by atoms with Crippen molar-refractivity contribution in [2.75, 3.05) is 13.2 Å². The number of hydrogen-bond acceptors (Lipinski definition) is 18. The van der Waals surface area contributed by atoms with Crippen LogP contribution in [0.2, 0.25) is 0 Å². The molecule has 0 amide bonds. The minimum absolute atomic E-state index is 0.0327. The zero-order valence-electron chi connectivity index (χ0n) is 52.2. The first-order valence-corrected chi connectivity index (χ1v) is 30.7. The van der Waals surface area contributed by atoms with Crippen molar-refractivity contribution >= 4 is 11.9 Å². The van der Waals surface area contributed by atoms with E-state index >= 15 is 0 Å². The molecular weight excluding hydrogens is 1140 g/mol. The fraction of sp³-hybridized carbons (Fsp3) is 0.437. The zero-order chi connectivity index (χ0) is 62.9. The zero-order valence-corrected chi connectivity index (χ0v) is 50.2. The van der Waals surface area contributed by atoms with Crippen molar-refractivity contribution in [3.8, 4) is 0 Å². The van der Waals surface area contributed by atoms with E-state index in [9.17, 15) is 9.59 Å². The standard InChI is InChI=1S/C71H78O18/c1-44-53(37-54(77-40-46-23-11-5-12-24-46)60(85-68(75)51-33-21-10-22-34-51)58(44)78-41-47-25-13-6-14-26-47)82-65-63-61(87-70(3,4)88-63)56(39-73)83-69(65)89-71(57-52(86-71)35-36-76-55(57)38-72)66-64(80-43-49-29-17-8-18-30-49)62(79-42-48-27-15-7-16-28-48)59(45(2)81-66)84-67(74)50-31-19-9-20-32-50/h5-36,44-45,52-66,69,72-73H,37-43H2,1-4H3/t44?,45?,52-,53-,54?,55?,56?,57+,58-,59-,60-,61?,62?,63+,64-,65-,66-,69+,71?/m1/s1/i72T,73T. The second kappa shape index (κ2) is 28.2. The number of benzene rings is 6. The highest BCUT2D eigenvalue weighted by molar-refractivity contribution is 5.90. The van der Waals surface area contributed by atoms with E-state index in [1.165, 1.54) is 6.26 Å². The van der Waals surface area contributed by atoms with Gasteiger partial charge in [-0.1, -0.05) is 165 Å². The number of hydrogen-bond donors (Lipinski definition) is 2. The Hall–Kier alpha value is -6.72. The summed E-state index contributed by atoms with van der Waals surface area (Å²) in [5.41, 5.74) is 4.12. The molecule has 6 aliphatic rings. The first kappa shape index (κ1) is 59.9. The minimum atomic E-state index is -1.98. The summed E-state index contributed by atoms with van der Waals surface area (Å²) in [6.07, 6.45) is -12.6. The molecule has 0 spiro atoms. The van der Waals surface area contributed by atoms with Gasteiger partial charge in [0, 0.05) is 12.3 Å². The van der Waals surface area contributed by atoms with E-state index in [2.05, 4.69) is 0 Å². The van der Waals surface area contributed by atoms with Crippen LogP contribution in [0.5, 0.6) is 0 Å². The van der Waals surface area contributed by atoms with Crippen molar-refractivity contribution in [3.05, 3.63) is 228 Å². The van der Waals surface area contributed by atoms with Crippen molar-refractivity contribution in [1.29, 1.82) is 2.86 Å². The normalized spacial score (nSPS) is 33.9. The number of fused-ring (bicyclic) bond motifs is 2. The molecule has 470 valence electrons. The maximum absolute atomic E-state index is 14.3. The largest absolute Gasteiger partial charge is 0.495 e. The van der Waals surface area contributed by atoms with Gasteiger partial charge in [0.25, 0.3) is 0 Å². The quantitative estimate of drug-likeness (QED) is 0.0513. The lowest BCUT2D eigenvalue weighted by atomic mass is 9.73. The lowest BCUT2D eigenvalue weighted by Crippen LogP contribution is -2.79. The van der Waals surface area contributed by atoms with Gasteiger partial charge in [0.05, 0.1) is 87.4 Å². The van der Waals surface area contributed by atoms with E-state index < -0.39 is 133 Å². The third-order valence-corrected chi connectivity index (χ3v) is 17.5. The molecule has 5 aliphatic heterocycles. The van der Waals surface area contributed by atoms with Gasteiger partial charge in [0.2, 0.25) is 8.65 Å². The Morgan fingerprint density at radius 1 is 0.528 bits per heavy atom. The summed E-state index contributed by atoms with van der Waals surface area (Å²) in [5, 5.41) is 10.3. The summed E-state index contributed by atoms with van der Waals surface area (Å²) in [4.78, 5) is 28.6. The van der Waals surface area contributed by atoms with E-state index in [1.807, 2.05) is 140 Å². The van der Waals surface area contributed by atoms with Crippen LogP contribution in [0, 0.1) is 11.8 Å². The Morgan fingerprint density at radius 2 is 1.01 bits per heavy atom. The van der Waals surface area contributed by atoms with Gasteiger partial charge < -0.3 is 76.5 Å². The van der Waals surface area contributed by atoms with Crippen molar-refractivity contribution in [3.63, 3.8) is 0 Å². The molecular formula is C71H78O18. The molecule has 0 aromatic heterocycles. The molecule has 89 heavy (non-hydrogen) atoms. The Morgan fingerprint density at radius 3 is 1.56 bits per heavy atom. The molecule has 12 rings (SSSR count). The number of aliphatic hydroxyl groups is 2. The number of aliphatic hydroxyl groups excluding tert-OH is 2. The number of esters is 2. The first-order valence-electron chi connectivity index (χ1n) is 31.5. The van der Waals surface area contributed by atoms with Crippen molar-refractivity contribution in [2.24, 2.45) is 11.8 Å². The van der Waals surface area contributed by atoms with Crippen LogP contribution in [0.15, 0.2) is 194 Å². The van der Waals surface area contributed by atoms with Crippen LogP contribution < -0.4 is 0 Å². The Balaban J connectivity index is 0.958. The van der Waals surface area contributed by atoms with Crippen LogP contribution in [0.4, 0.5) is 0 Å². The predicted molar refractivity (Wildman–Crippen MR) is 321 cm³/mol. The average Bonchev–Trinajstić information content (AvgIpc) is 0.930. The third-order valence-electron chi connectivity index (χ3n) is 17.5. The summed E-state index contributed by atoms with van der Waals surface area (Å²) in [7, 11) is 0. The number of carbonyl (C=O) groups is 2. The van der Waals surface area contributed by atoms with E-state index in [0.717, 1.165) is 22.3 Å². The van der Waals surface area contributed by atoms with Gasteiger partial charge in [-0.05, 0) is 73.4 Å². The van der Waals surface area contributed by atoms with Crippen LogP contribution in [0.25, 0.3) is 0 Å². The Labute approximate surface area is 521 Å². The summed E-state index contributed by atoms with van der Waals surface area (Å²) >= 11 is 0.